The van der Waals surface area contributed by atoms with Gasteiger partial charge in [0.1, 0.15) is 0 Å². The van der Waals surface area contributed by atoms with E-state index in [1.54, 1.807) is 0 Å². The van der Waals surface area contributed by atoms with E-state index in [4.69, 9.17) is 9.73 Å². The Morgan fingerprint density at radius 3 is 2.59 bits per heavy atom. The first kappa shape index (κ1) is 20.9. The quantitative estimate of drug-likeness (QED) is 0.397. The summed E-state index contributed by atoms with van der Waals surface area (Å²) in [6.45, 7) is 14.2. The Labute approximate surface area is 166 Å². The van der Waals surface area contributed by atoms with Crippen LogP contribution in [0.15, 0.2) is 4.99 Å². The first-order chi connectivity index (χ1) is 13.4. The molecule has 3 aliphatic heterocycles. The maximum absolute atomic E-state index is 5.50. The number of nitrogens with zero attached hydrogens (tertiary/aromatic N) is 4. The number of guanidine groups is 1. The summed E-state index contributed by atoms with van der Waals surface area (Å²) in [4.78, 5) is 12.7. The highest BCUT2D eigenvalue weighted by molar-refractivity contribution is 5.80. The number of hydrogen-bond donors (Lipinski definition) is 1. The van der Waals surface area contributed by atoms with Crippen molar-refractivity contribution in [1.29, 1.82) is 0 Å². The summed E-state index contributed by atoms with van der Waals surface area (Å²) in [7, 11) is 0. The van der Waals surface area contributed by atoms with Crippen LogP contribution in [0.1, 0.15) is 51.9 Å². The summed E-state index contributed by atoms with van der Waals surface area (Å²) in [5.74, 6) is 1.13. The molecule has 156 valence electrons. The van der Waals surface area contributed by atoms with Crippen molar-refractivity contribution >= 4 is 5.96 Å². The van der Waals surface area contributed by atoms with Crippen molar-refractivity contribution in [1.82, 2.24) is 20.0 Å². The van der Waals surface area contributed by atoms with E-state index in [-0.39, 0.29) is 0 Å². The molecule has 0 aromatic heterocycles. The van der Waals surface area contributed by atoms with Crippen LogP contribution in [-0.2, 0) is 4.74 Å². The maximum atomic E-state index is 5.50. The summed E-state index contributed by atoms with van der Waals surface area (Å²) in [5.41, 5.74) is 0. The molecule has 3 aliphatic rings. The minimum absolute atomic E-state index is 0.669. The van der Waals surface area contributed by atoms with Crippen LogP contribution in [0.2, 0.25) is 0 Å². The first-order valence-corrected chi connectivity index (χ1v) is 11.4. The predicted octanol–water partition coefficient (Wildman–Crippen LogP) is 2.01. The van der Waals surface area contributed by atoms with Crippen molar-refractivity contribution in [2.75, 3.05) is 72.1 Å². The SMILES string of the molecule is CCNC(=NCCCCCN1CCCCC1)N1CCC(N2CCOCC2)C1. The van der Waals surface area contributed by atoms with E-state index in [9.17, 15) is 0 Å². The van der Waals surface area contributed by atoms with Crippen LogP contribution < -0.4 is 5.32 Å². The number of aliphatic imine (C=N–C) groups is 1. The Morgan fingerprint density at radius 1 is 1.00 bits per heavy atom. The lowest BCUT2D eigenvalue weighted by atomic mass is 10.1. The molecule has 0 saturated carbocycles. The van der Waals surface area contributed by atoms with E-state index >= 15 is 0 Å². The van der Waals surface area contributed by atoms with Crippen molar-refractivity contribution in [2.45, 2.75) is 57.9 Å². The zero-order valence-corrected chi connectivity index (χ0v) is 17.5. The van der Waals surface area contributed by atoms with Gasteiger partial charge < -0.3 is 19.9 Å². The van der Waals surface area contributed by atoms with Gasteiger partial charge in [0.05, 0.1) is 13.2 Å². The number of hydrogen-bond acceptors (Lipinski definition) is 4. The predicted molar refractivity (Wildman–Crippen MR) is 112 cm³/mol. The fraction of sp³-hybridized carbons (Fsp3) is 0.952. The lowest BCUT2D eigenvalue weighted by Crippen LogP contribution is -2.46. The molecule has 0 bridgehead atoms. The third-order valence-electron chi connectivity index (χ3n) is 6.20. The van der Waals surface area contributed by atoms with E-state index in [0.29, 0.717) is 6.04 Å². The minimum Gasteiger partial charge on any atom is -0.379 e. The van der Waals surface area contributed by atoms with E-state index in [0.717, 1.165) is 58.4 Å². The van der Waals surface area contributed by atoms with Crippen molar-refractivity contribution in [3.05, 3.63) is 0 Å². The second-order valence-electron chi connectivity index (χ2n) is 8.24. The molecule has 1 atom stereocenters. The number of ether oxygens (including phenoxy) is 1. The van der Waals surface area contributed by atoms with Crippen LogP contribution >= 0.6 is 0 Å². The van der Waals surface area contributed by atoms with Gasteiger partial charge in [-0.3, -0.25) is 9.89 Å². The van der Waals surface area contributed by atoms with E-state index in [1.807, 2.05) is 0 Å². The molecule has 6 nitrogen and oxygen atoms in total. The number of unbranched alkanes of at least 4 members (excludes halogenated alkanes) is 2. The standard InChI is InChI=1S/C21H41N5O/c1-2-22-21(23-10-5-3-6-11-24-12-7-4-8-13-24)26-14-9-20(19-26)25-15-17-27-18-16-25/h20H,2-19H2,1H3,(H,22,23). The van der Waals surface area contributed by atoms with Gasteiger partial charge in [0.2, 0.25) is 0 Å². The number of likely N-dealkylation sites (tertiary alicyclic amines) is 2. The Hall–Kier alpha value is -0.850. The van der Waals surface area contributed by atoms with Gasteiger partial charge in [0.15, 0.2) is 5.96 Å². The van der Waals surface area contributed by atoms with Crippen LogP contribution in [0.5, 0.6) is 0 Å². The number of piperidine rings is 1. The summed E-state index contributed by atoms with van der Waals surface area (Å²) < 4.78 is 5.50. The molecule has 1 unspecified atom stereocenters. The lowest BCUT2D eigenvalue weighted by molar-refractivity contribution is 0.0195. The molecule has 27 heavy (non-hydrogen) atoms. The van der Waals surface area contributed by atoms with Crippen molar-refractivity contribution in [3.63, 3.8) is 0 Å². The molecule has 6 heteroatoms. The number of nitrogens with one attached hydrogen (secondary N) is 1. The van der Waals surface area contributed by atoms with Crippen molar-refractivity contribution in [3.8, 4) is 0 Å². The number of morpholine rings is 1. The van der Waals surface area contributed by atoms with Gasteiger partial charge in [-0.05, 0) is 58.7 Å². The normalized spacial score (nSPS) is 25.9. The molecule has 0 radical (unpaired) electrons. The average molecular weight is 380 g/mol. The van der Waals surface area contributed by atoms with Crippen LogP contribution in [-0.4, -0.2) is 98.8 Å². The minimum atomic E-state index is 0.669. The molecule has 3 rings (SSSR count). The number of rotatable bonds is 8. The zero-order chi connectivity index (χ0) is 18.7. The zero-order valence-electron chi connectivity index (χ0n) is 17.5. The monoisotopic (exact) mass is 379 g/mol. The molecule has 1 N–H and O–H groups in total. The fourth-order valence-corrected chi connectivity index (χ4v) is 4.59. The third kappa shape index (κ3) is 6.91. The van der Waals surface area contributed by atoms with Gasteiger partial charge in [0.25, 0.3) is 0 Å². The van der Waals surface area contributed by atoms with Gasteiger partial charge in [-0.15, -0.1) is 0 Å². The molecule has 3 heterocycles. The van der Waals surface area contributed by atoms with E-state index < -0.39 is 0 Å². The first-order valence-electron chi connectivity index (χ1n) is 11.4. The van der Waals surface area contributed by atoms with Gasteiger partial charge in [-0.2, -0.15) is 0 Å². The molecule has 0 amide bonds. The average Bonchev–Trinajstić information content (AvgIpc) is 3.21. The maximum Gasteiger partial charge on any atom is 0.193 e. The van der Waals surface area contributed by atoms with E-state index in [1.165, 1.54) is 64.6 Å². The molecule has 3 saturated heterocycles. The van der Waals surface area contributed by atoms with Crippen molar-refractivity contribution < 1.29 is 4.74 Å². The Morgan fingerprint density at radius 2 is 1.81 bits per heavy atom. The van der Waals surface area contributed by atoms with Gasteiger partial charge in [-0.25, -0.2) is 0 Å². The highest BCUT2D eigenvalue weighted by Crippen LogP contribution is 2.17. The largest absolute Gasteiger partial charge is 0.379 e. The molecule has 0 aromatic rings. The van der Waals surface area contributed by atoms with Gasteiger partial charge in [-0.1, -0.05) is 12.8 Å². The van der Waals surface area contributed by atoms with Crippen molar-refractivity contribution in [2.24, 2.45) is 4.99 Å². The Balaban J connectivity index is 1.35. The summed E-state index contributed by atoms with van der Waals surface area (Å²) in [5, 5.41) is 3.52. The molecular formula is C21H41N5O. The van der Waals surface area contributed by atoms with Gasteiger partial charge in [0, 0.05) is 45.3 Å². The third-order valence-corrected chi connectivity index (χ3v) is 6.20. The summed E-state index contributed by atoms with van der Waals surface area (Å²) >= 11 is 0. The van der Waals surface area contributed by atoms with Crippen LogP contribution in [0, 0.1) is 0 Å². The summed E-state index contributed by atoms with van der Waals surface area (Å²) in [6, 6.07) is 0.669. The topological polar surface area (TPSA) is 43.3 Å². The second-order valence-corrected chi connectivity index (χ2v) is 8.24. The molecule has 0 aromatic carbocycles. The molecule has 0 aliphatic carbocycles. The Kier molecular flexibility index (Phi) is 9.18. The highest BCUT2D eigenvalue weighted by atomic mass is 16.5. The molecular weight excluding hydrogens is 338 g/mol. The second kappa shape index (κ2) is 11.9. The van der Waals surface area contributed by atoms with Crippen LogP contribution in [0.25, 0.3) is 0 Å². The smallest absolute Gasteiger partial charge is 0.193 e. The van der Waals surface area contributed by atoms with E-state index in [2.05, 4.69) is 26.9 Å². The Bertz CT molecular complexity index is 432. The fourth-order valence-electron chi connectivity index (χ4n) is 4.59. The molecule has 0 spiro atoms. The summed E-state index contributed by atoms with van der Waals surface area (Å²) in [6.07, 6.45) is 9.32. The highest BCUT2D eigenvalue weighted by Gasteiger charge is 2.30. The van der Waals surface area contributed by atoms with Crippen LogP contribution in [0.4, 0.5) is 0 Å². The van der Waals surface area contributed by atoms with Crippen LogP contribution in [0.3, 0.4) is 0 Å². The molecule has 3 fully saturated rings. The van der Waals surface area contributed by atoms with Gasteiger partial charge >= 0.3 is 0 Å². The lowest BCUT2D eigenvalue weighted by Gasteiger charge is -2.32.